The number of pyridine rings is 1. The van der Waals surface area contributed by atoms with Crippen LogP contribution in [0.15, 0.2) is 64.1 Å². The average Bonchev–Trinajstić information content (AvgIpc) is 3.53. The van der Waals surface area contributed by atoms with Crippen LogP contribution in [0.25, 0.3) is 22.4 Å². The van der Waals surface area contributed by atoms with Crippen LogP contribution in [0.3, 0.4) is 0 Å². The maximum Gasteiger partial charge on any atom is 0.259 e. The van der Waals surface area contributed by atoms with Gasteiger partial charge in [0, 0.05) is 31.0 Å². The van der Waals surface area contributed by atoms with Crippen molar-refractivity contribution in [2.75, 3.05) is 0 Å². The van der Waals surface area contributed by atoms with Gasteiger partial charge < -0.3 is 18.8 Å². The fraction of sp³-hybridized carbons (Fsp3) is 0.200. The third-order valence-corrected chi connectivity index (χ3v) is 5.65. The normalized spacial score (nSPS) is 11.2. The maximum absolute atomic E-state index is 13.3. The van der Waals surface area contributed by atoms with Crippen molar-refractivity contribution in [1.82, 2.24) is 25.0 Å². The first-order valence-corrected chi connectivity index (χ1v) is 10.6. The second-order valence-corrected chi connectivity index (χ2v) is 8.02. The van der Waals surface area contributed by atoms with Crippen LogP contribution in [-0.4, -0.2) is 25.6 Å². The van der Waals surface area contributed by atoms with Crippen molar-refractivity contribution in [3.63, 3.8) is 0 Å². The van der Waals surface area contributed by atoms with Gasteiger partial charge in [-0.1, -0.05) is 29.4 Å². The minimum Gasteiger partial charge on any atom is -0.466 e. The molecule has 0 saturated heterocycles. The Labute approximate surface area is 190 Å². The number of carbonyl (C=O) groups excluding carboxylic acids is 1. The van der Waals surface area contributed by atoms with E-state index in [9.17, 15) is 4.79 Å². The summed E-state index contributed by atoms with van der Waals surface area (Å²) in [6.45, 7) is 6.62. The van der Waals surface area contributed by atoms with Gasteiger partial charge in [0.2, 0.25) is 0 Å². The summed E-state index contributed by atoms with van der Waals surface area (Å²) in [5, 5.41) is 7.70. The number of benzene rings is 1. The van der Waals surface area contributed by atoms with Gasteiger partial charge in [0.25, 0.3) is 11.6 Å². The molecule has 1 N–H and O–H groups in total. The quantitative estimate of drug-likeness (QED) is 0.414. The highest BCUT2D eigenvalue weighted by atomic mass is 16.5. The van der Waals surface area contributed by atoms with Crippen LogP contribution >= 0.6 is 0 Å². The van der Waals surface area contributed by atoms with Gasteiger partial charge in [-0.15, -0.1) is 0 Å². The Hall–Kier alpha value is -4.20. The number of furan rings is 1. The lowest BCUT2D eigenvalue weighted by molar-refractivity contribution is 0.0952. The van der Waals surface area contributed by atoms with Crippen LogP contribution in [0, 0.1) is 20.8 Å². The summed E-state index contributed by atoms with van der Waals surface area (Å²) in [6, 6.07) is 11.7. The topological polar surface area (TPSA) is 99.0 Å². The largest absolute Gasteiger partial charge is 0.466 e. The zero-order valence-corrected chi connectivity index (χ0v) is 18.6. The molecule has 1 amide bonds. The first-order valence-electron chi connectivity index (χ1n) is 10.6. The zero-order valence-electron chi connectivity index (χ0n) is 18.6. The van der Waals surface area contributed by atoms with Crippen molar-refractivity contribution in [1.29, 1.82) is 0 Å². The van der Waals surface area contributed by atoms with Gasteiger partial charge in [0.05, 0.1) is 28.7 Å². The number of nitrogens with one attached hydrogen (secondary N) is 1. The number of imidazole rings is 1. The number of aromatic nitrogens is 4. The number of carbonyl (C=O) groups is 1. The fourth-order valence-corrected chi connectivity index (χ4v) is 4.03. The van der Waals surface area contributed by atoms with E-state index in [1.54, 1.807) is 25.5 Å². The molecule has 0 aliphatic rings. The molecule has 8 heteroatoms. The van der Waals surface area contributed by atoms with Gasteiger partial charge in [0.1, 0.15) is 11.5 Å². The first kappa shape index (κ1) is 20.7. The molecule has 1 aromatic carbocycles. The molecule has 0 aliphatic carbocycles. The Morgan fingerprint density at radius 1 is 1.12 bits per heavy atom. The van der Waals surface area contributed by atoms with Gasteiger partial charge >= 0.3 is 0 Å². The number of aryl methyl sites for hydroxylation is 3. The Kier molecular flexibility index (Phi) is 5.26. The molecule has 0 atom stereocenters. The van der Waals surface area contributed by atoms with Gasteiger partial charge in [-0.05, 0) is 44.0 Å². The number of rotatable bonds is 6. The maximum atomic E-state index is 13.3. The second-order valence-electron chi connectivity index (χ2n) is 8.02. The van der Waals surface area contributed by atoms with Gasteiger partial charge in [-0.3, -0.25) is 4.79 Å². The number of nitrogens with zero attached hydrogens (tertiary/aromatic N) is 4. The lowest BCUT2D eigenvalue weighted by atomic mass is 10.0. The first-order chi connectivity index (χ1) is 16.0. The summed E-state index contributed by atoms with van der Waals surface area (Å²) in [4.78, 5) is 22.0. The van der Waals surface area contributed by atoms with E-state index in [2.05, 4.69) is 26.5 Å². The molecule has 5 aromatic rings. The third-order valence-electron chi connectivity index (χ3n) is 5.65. The van der Waals surface area contributed by atoms with E-state index in [0.717, 1.165) is 28.2 Å². The molecule has 0 radical (unpaired) electrons. The molecule has 0 bridgehead atoms. The van der Waals surface area contributed by atoms with Crippen molar-refractivity contribution in [2.24, 2.45) is 0 Å². The third kappa shape index (κ3) is 4.03. The summed E-state index contributed by atoms with van der Waals surface area (Å²) in [7, 11) is 0. The highest BCUT2D eigenvalue weighted by molar-refractivity contribution is 6.07. The summed E-state index contributed by atoms with van der Waals surface area (Å²) in [5.74, 6) is 1.29. The van der Waals surface area contributed by atoms with Crippen LogP contribution in [-0.2, 0) is 13.1 Å². The van der Waals surface area contributed by atoms with Crippen molar-refractivity contribution in [3.8, 4) is 11.3 Å². The van der Waals surface area contributed by atoms with E-state index < -0.39 is 0 Å². The standard InChI is InChI=1S/C25H23N5O3/c1-15-10-20(17(3)32-15)22-11-21(23-16(2)29-33-25(23)28-22)24(31)27-12-18-6-4-5-7-19(18)13-30-9-8-26-14-30/h4-11,14H,12-13H2,1-3H3,(H,27,31). The van der Waals surface area contributed by atoms with Crippen LogP contribution in [0.5, 0.6) is 0 Å². The minimum absolute atomic E-state index is 0.217. The van der Waals surface area contributed by atoms with E-state index >= 15 is 0 Å². The molecule has 4 aromatic heterocycles. The number of hydrogen-bond acceptors (Lipinski definition) is 6. The Morgan fingerprint density at radius 2 is 1.94 bits per heavy atom. The Balaban J connectivity index is 1.46. The number of fused-ring (bicyclic) bond motifs is 1. The number of amides is 1. The summed E-state index contributed by atoms with van der Waals surface area (Å²) < 4.78 is 13.1. The zero-order chi connectivity index (χ0) is 22.9. The smallest absolute Gasteiger partial charge is 0.259 e. The van der Waals surface area contributed by atoms with E-state index in [4.69, 9.17) is 8.94 Å². The molecule has 33 heavy (non-hydrogen) atoms. The van der Waals surface area contributed by atoms with Crippen LogP contribution in [0.1, 0.15) is 38.7 Å². The average molecular weight is 441 g/mol. The van der Waals surface area contributed by atoms with E-state index in [1.165, 1.54) is 0 Å². The molecule has 8 nitrogen and oxygen atoms in total. The van der Waals surface area contributed by atoms with Crippen LogP contribution in [0.2, 0.25) is 0 Å². The summed E-state index contributed by atoms with van der Waals surface area (Å²) >= 11 is 0. The predicted molar refractivity (Wildman–Crippen MR) is 123 cm³/mol. The number of hydrogen-bond donors (Lipinski definition) is 1. The lowest BCUT2D eigenvalue weighted by Crippen LogP contribution is -2.24. The SMILES string of the molecule is Cc1cc(-c2cc(C(=O)NCc3ccccc3Cn3ccnc3)c3c(C)noc3n2)c(C)o1. The van der Waals surface area contributed by atoms with Crippen LogP contribution < -0.4 is 5.32 Å². The minimum atomic E-state index is -0.217. The lowest BCUT2D eigenvalue weighted by Gasteiger charge is -2.12. The summed E-state index contributed by atoms with van der Waals surface area (Å²) in [6.07, 6.45) is 5.44. The Morgan fingerprint density at radius 3 is 2.67 bits per heavy atom. The molecule has 0 spiro atoms. The molecule has 0 unspecified atom stereocenters. The highest BCUT2D eigenvalue weighted by Crippen LogP contribution is 2.30. The molecule has 5 rings (SSSR count). The van der Waals surface area contributed by atoms with Gasteiger partial charge in [0.15, 0.2) is 0 Å². The van der Waals surface area contributed by atoms with Gasteiger partial charge in [-0.25, -0.2) is 9.97 Å². The second kappa shape index (κ2) is 8.38. The fourth-order valence-electron chi connectivity index (χ4n) is 4.03. The molecular weight excluding hydrogens is 418 g/mol. The van der Waals surface area contributed by atoms with E-state index in [-0.39, 0.29) is 5.91 Å². The molecule has 0 aliphatic heterocycles. The molecule has 0 saturated carbocycles. The molecule has 0 fully saturated rings. The predicted octanol–water partition coefficient (Wildman–Crippen LogP) is 4.58. The van der Waals surface area contributed by atoms with Gasteiger partial charge in [-0.2, -0.15) is 0 Å². The van der Waals surface area contributed by atoms with E-state index in [0.29, 0.717) is 41.1 Å². The summed E-state index contributed by atoms with van der Waals surface area (Å²) in [5.41, 5.74) is 5.00. The van der Waals surface area contributed by atoms with Crippen molar-refractivity contribution < 1.29 is 13.7 Å². The van der Waals surface area contributed by atoms with Crippen molar-refractivity contribution in [3.05, 3.63) is 89.0 Å². The van der Waals surface area contributed by atoms with Crippen molar-refractivity contribution >= 4 is 17.0 Å². The monoisotopic (exact) mass is 441 g/mol. The molecule has 166 valence electrons. The van der Waals surface area contributed by atoms with Crippen LogP contribution in [0.4, 0.5) is 0 Å². The molecule has 4 heterocycles. The highest BCUT2D eigenvalue weighted by Gasteiger charge is 2.21. The van der Waals surface area contributed by atoms with Crippen molar-refractivity contribution in [2.45, 2.75) is 33.9 Å². The molecular formula is C25H23N5O3. The van der Waals surface area contributed by atoms with E-state index in [1.807, 2.05) is 48.9 Å². The Bertz CT molecular complexity index is 1450.